The second-order valence-electron chi connectivity index (χ2n) is 11.8. The highest BCUT2D eigenvalue weighted by Gasteiger charge is 2.28. The number of aromatic nitrogens is 2. The first-order chi connectivity index (χ1) is 22.6. The van der Waals surface area contributed by atoms with Crippen molar-refractivity contribution in [3.63, 3.8) is 0 Å². The minimum atomic E-state index is -0.196. The molecule has 0 amide bonds. The van der Waals surface area contributed by atoms with E-state index in [1.807, 2.05) is 36.4 Å². The van der Waals surface area contributed by atoms with E-state index in [1.165, 1.54) is 46.6 Å². The summed E-state index contributed by atoms with van der Waals surface area (Å²) in [6.45, 7) is 4.41. The van der Waals surface area contributed by atoms with Crippen molar-refractivity contribution in [2.45, 2.75) is 65.2 Å². The first-order valence-corrected chi connectivity index (χ1v) is 17.7. The summed E-state index contributed by atoms with van der Waals surface area (Å²) in [4.78, 5) is 2.22. The zero-order valence-corrected chi connectivity index (χ0v) is 27.7. The zero-order chi connectivity index (χ0) is 31.5. The monoisotopic (exact) mass is 646 g/mol. The Labute approximate surface area is 276 Å². The Morgan fingerprint density at radius 3 is 1.89 bits per heavy atom. The number of benzene rings is 4. The van der Waals surface area contributed by atoms with E-state index in [0.717, 1.165) is 76.2 Å². The van der Waals surface area contributed by atoms with Crippen LogP contribution in [0, 0.1) is 5.82 Å². The van der Waals surface area contributed by atoms with E-state index < -0.39 is 0 Å². The third kappa shape index (κ3) is 5.99. The van der Waals surface area contributed by atoms with Gasteiger partial charge in [-0.15, -0.1) is 11.3 Å². The van der Waals surface area contributed by atoms with Gasteiger partial charge >= 0.3 is 0 Å². The Balaban J connectivity index is 1.20. The van der Waals surface area contributed by atoms with Crippen molar-refractivity contribution in [1.29, 1.82) is 0 Å². The fraction of sp³-hybridized carbons (Fsp3) is 0.263. The van der Waals surface area contributed by atoms with Crippen LogP contribution in [0.4, 0.5) is 15.8 Å². The van der Waals surface area contributed by atoms with Gasteiger partial charge in [-0.25, -0.2) is 9.02 Å². The topological polar surface area (TPSA) is 63.6 Å². The number of rotatable bonds is 12. The molecule has 0 fully saturated rings. The van der Waals surface area contributed by atoms with Gasteiger partial charge < -0.3 is 0 Å². The Hall–Kier alpha value is -4.27. The van der Waals surface area contributed by atoms with E-state index in [9.17, 15) is 0 Å². The number of unbranched alkanes of at least 4 members (excludes halogenated alkanes) is 4. The summed E-state index contributed by atoms with van der Waals surface area (Å²) in [6, 6.07) is 26.7. The molecule has 6 aromatic rings. The molecule has 232 valence electrons. The minimum absolute atomic E-state index is 0.196. The number of nitrogens with zero attached hydrogens (tertiary/aromatic N) is 4. The van der Waals surface area contributed by atoms with E-state index in [1.54, 1.807) is 17.4 Å². The molecule has 46 heavy (non-hydrogen) atoms. The molecule has 2 aromatic heterocycles. The molecule has 5 nitrogen and oxygen atoms in total. The molecular weight excluding hydrogens is 612 g/mol. The molecule has 0 unspecified atom stereocenters. The lowest BCUT2D eigenvalue weighted by atomic mass is 9.94. The second kappa shape index (κ2) is 13.6. The molecule has 0 radical (unpaired) electrons. The maximum absolute atomic E-state index is 15.1. The van der Waals surface area contributed by atoms with Crippen molar-refractivity contribution in [3.8, 4) is 43.1 Å². The van der Waals surface area contributed by atoms with Crippen LogP contribution >= 0.6 is 11.3 Å². The Kier molecular flexibility index (Phi) is 8.99. The second-order valence-corrected chi connectivity index (χ2v) is 13.5. The fourth-order valence-electron chi connectivity index (χ4n) is 6.15. The number of hydrogen-bond donors (Lipinski definition) is 0. The zero-order valence-electron chi connectivity index (χ0n) is 26.1. The van der Waals surface area contributed by atoms with Gasteiger partial charge in [0.2, 0.25) is 0 Å². The molecule has 3 heterocycles. The summed E-state index contributed by atoms with van der Waals surface area (Å²) in [5.74, 6) is -0.196. The summed E-state index contributed by atoms with van der Waals surface area (Å²) in [6.07, 6.45) is 9.13. The molecule has 8 heteroatoms. The van der Waals surface area contributed by atoms with Crippen LogP contribution < -0.4 is 0 Å². The SMILES string of the molecule is CCCCCc1ccc(-c2ccc(-c3c4c(c(-c5ccc(-c6ccc(CCCCC)cc6F)cc5)c5nonc35)N=S=N4)s2)cc1. The largest absolute Gasteiger partial charge is 0.243 e. The smallest absolute Gasteiger partial charge is 0.146 e. The van der Waals surface area contributed by atoms with Crippen LogP contribution in [0.1, 0.15) is 63.5 Å². The van der Waals surface area contributed by atoms with Crippen molar-refractivity contribution >= 4 is 45.1 Å². The van der Waals surface area contributed by atoms with Crippen LogP contribution in [0.2, 0.25) is 0 Å². The van der Waals surface area contributed by atoms with Crippen LogP contribution in [0.25, 0.3) is 54.2 Å². The minimum Gasteiger partial charge on any atom is -0.243 e. The molecule has 4 aromatic carbocycles. The van der Waals surface area contributed by atoms with Gasteiger partial charge in [0, 0.05) is 20.9 Å². The molecule has 0 N–H and O–H groups in total. The first kappa shape index (κ1) is 30.4. The lowest BCUT2D eigenvalue weighted by Gasteiger charge is -2.11. The lowest BCUT2D eigenvalue weighted by molar-refractivity contribution is 0.315. The molecule has 0 saturated carbocycles. The summed E-state index contributed by atoms with van der Waals surface area (Å²) in [7, 11) is 0. The highest BCUT2D eigenvalue weighted by atomic mass is 32.1. The average molecular weight is 647 g/mol. The van der Waals surface area contributed by atoms with Gasteiger partial charge in [-0.1, -0.05) is 100 Å². The number of halogens is 1. The maximum atomic E-state index is 15.1. The molecule has 0 saturated heterocycles. The summed E-state index contributed by atoms with van der Waals surface area (Å²) in [5.41, 5.74) is 10.4. The lowest BCUT2D eigenvalue weighted by Crippen LogP contribution is -1.91. The highest BCUT2D eigenvalue weighted by Crippen LogP contribution is 2.53. The molecule has 1 aliphatic heterocycles. The molecule has 0 spiro atoms. The van der Waals surface area contributed by atoms with Crippen LogP contribution in [0.15, 0.2) is 92.2 Å². The van der Waals surface area contributed by atoms with Crippen LogP contribution in [0.3, 0.4) is 0 Å². The van der Waals surface area contributed by atoms with E-state index in [2.05, 4.69) is 60.6 Å². The quantitative estimate of drug-likeness (QED) is 0.124. The molecule has 0 aliphatic carbocycles. The van der Waals surface area contributed by atoms with Crippen LogP contribution in [0.5, 0.6) is 0 Å². The van der Waals surface area contributed by atoms with Gasteiger partial charge in [0.1, 0.15) is 28.2 Å². The molecule has 1 aliphatic rings. The standard InChI is InChI=1S/C38H35FN4OS2/c1-3-5-7-9-24-11-14-27(15-12-24)31-21-22-32(45-31)34-36-35(40-44-41-36)33(37-38(34)43-46-42-37)28-18-16-26(17-19-28)29-20-13-25(23-30(29)39)10-8-6-4-2/h11-23H,3-10H2,1-2H3. The normalized spacial score (nSPS) is 12.2. The Morgan fingerprint density at radius 1 is 0.609 bits per heavy atom. The van der Waals surface area contributed by atoms with Crippen LogP contribution in [-0.4, -0.2) is 10.3 Å². The van der Waals surface area contributed by atoms with E-state index in [4.69, 9.17) is 13.4 Å². The first-order valence-electron chi connectivity index (χ1n) is 16.1. The van der Waals surface area contributed by atoms with Crippen molar-refractivity contribution in [3.05, 3.63) is 95.8 Å². The molecular formula is C38H35FN4OS2. The number of hydrogen-bond acceptors (Lipinski definition) is 6. The van der Waals surface area contributed by atoms with E-state index in [-0.39, 0.29) is 5.82 Å². The van der Waals surface area contributed by atoms with Gasteiger partial charge in [0.25, 0.3) is 0 Å². The number of thiophene rings is 1. The van der Waals surface area contributed by atoms with Crippen molar-refractivity contribution in [2.24, 2.45) is 8.73 Å². The third-order valence-corrected chi connectivity index (χ3v) is 10.4. The summed E-state index contributed by atoms with van der Waals surface area (Å²) >= 11 is 2.88. The van der Waals surface area contributed by atoms with Crippen molar-refractivity contribution in [1.82, 2.24) is 10.3 Å². The Morgan fingerprint density at radius 2 is 1.20 bits per heavy atom. The third-order valence-electron chi connectivity index (χ3n) is 8.67. The summed E-state index contributed by atoms with van der Waals surface area (Å²) < 4.78 is 29.9. The van der Waals surface area contributed by atoms with Gasteiger partial charge in [-0.3, -0.25) is 0 Å². The van der Waals surface area contributed by atoms with Gasteiger partial charge in [-0.05, 0) is 82.0 Å². The van der Waals surface area contributed by atoms with Gasteiger partial charge in [0.15, 0.2) is 0 Å². The van der Waals surface area contributed by atoms with Crippen molar-refractivity contribution in [2.75, 3.05) is 0 Å². The summed E-state index contributed by atoms with van der Waals surface area (Å²) in [5, 5.41) is 8.71. The fourth-order valence-corrected chi connectivity index (χ4v) is 7.77. The predicted octanol–water partition coefficient (Wildman–Crippen LogP) is 12.3. The Bertz CT molecular complexity index is 2070. The highest BCUT2D eigenvalue weighted by molar-refractivity contribution is 7.58. The maximum Gasteiger partial charge on any atom is 0.146 e. The van der Waals surface area contributed by atoms with E-state index in [0.29, 0.717) is 16.6 Å². The molecule has 0 atom stereocenters. The predicted molar refractivity (Wildman–Crippen MR) is 189 cm³/mol. The van der Waals surface area contributed by atoms with Gasteiger partial charge in [0.05, 0.1) is 16.9 Å². The average Bonchev–Trinajstić information content (AvgIpc) is 3.87. The van der Waals surface area contributed by atoms with Gasteiger partial charge in [-0.2, -0.15) is 8.73 Å². The molecule has 7 rings (SSSR count). The van der Waals surface area contributed by atoms with Crippen LogP contribution in [-0.2, 0) is 24.2 Å². The van der Waals surface area contributed by atoms with Crippen molar-refractivity contribution < 1.29 is 9.02 Å². The van der Waals surface area contributed by atoms with E-state index >= 15 is 4.39 Å². The molecule has 0 bridgehead atoms. The number of aryl methyl sites for hydroxylation is 2. The number of fused-ring (bicyclic) bond motifs is 2.